The van der Waals surface area contributed by atoms with E-state index in [-0.39, 0.29) is 16.1 Å². The van der Waals surface area contributed by atoms with Crippen molar-refractivity contribution in [3.8, 4) is 6.07 Å². The number of nitrogens with one attached hydrogen (secondary N) is 1. The normalized spacial score (nSPS) is 15.7. The minimum absolute atomic E-state index is 0.137. The molecular weight excluding hydrogens is 232 g/mol. The Morgan fingerprint density at radius 1 is 1.54 bits per heavy atom. The fourth-order valence-electron chi connectivity index (χ4n) is 0.712. The lowest BCUT2D eigenvalue weighted by Crippen LogP contribution is -2.42. The Morgan fingerprint density at radius 3 is 2.31 bits per heavy atom. The summed E-state index contributed by atoms with van der Waals surface area (Å²) in [4.78, 5) is 11.2. The van der Waals surface area contributed by atoms with Crippen LogP contribution in [0.15, 0.2) is 0 Å². The maximum atomic E-state index is 11.4. The van der Waals surface area contributed by atoms with Crippen LogP contribution in [0.5, 0.6) is 0 Å². The lowest BCUT2D eigenvalue weighted by atomic mass is 9.91. The van der Waals surface area contributed by atoms with Crippen LogP contribution in [-0.4, -0.2) is 16.8 Å². The van der Waals surface area contributed by atoms with Gasteiger partial charge in [0.1, 0.15) is 6.04 Å². The van der Waals surface area contributed by atoms with Gasteiger partial charge in [0.25, 0.3) is 0 Å². The SMILES string of the molecule is CC(C#N)NC(=O)C(Br)C(C)(C)C. The molecule has 0 radical (unpaired) electrons. The summed E-state index contributed by atoms with van der Waals surface area (Å²) in [5.41, 5.74) is -0.140. The summed E-state index contributed by atoms with van der Waals surface area (Å²) in [5, 5.41) is 11.1. The molecule has 0 saturated heterocycles. The first-order chi connectivity index (χ1) is 5.79. The third kappa shape index (κ3) is 4.28. The molecule has 0 fully saturated rings. The maximum Gasteiger partial charge on any atom is 0.235 e. The lowest BCUT2D eigenvalue weighted by molar-refractivity contribution is -0.122. The average molecular weight is 247 g/mol. The Kier molecular flexibility index (Phi) is 4.41. The zero-order valence-electron chi connectivity index (χ0n) is 8.39. The summed E-state index contributed by atoms with van der Waals surface area (Å²) in [7, 11) is 0. The van der Waals surface area contributed by atoms with Gasteiger partial charge in [-0.1, -0.05) is 36.7 Å². The highest BCUT2D eigenvalue weighted by atomic mass is 79.9. The van der Waals surface area contributed by atoms with Crippen molar-refractivity contribution in [1.29, 1.82) is 5.26 Å². The highest BCUT2D eigenvalue weighted by molar-refractivity contribution is 9.10. The van der Waals surface area contributed by atoms with Gasteiger partial charge in [0.05, 0.1) is 10.9 Å². The molecule has 1 amide bonds. The fraction of sp³-hybridized carbons (Fsp3) is 0.778. The molecule has 0 aromatic carbocycles. The Hall–Kier alpha value is -0.560. The number of halogens is 1. The minimum Gasteiger partial charge on any atom is -0.340 e. The molecule has 0 aliphatic carbocycles. The summed E-state index contributed by atoms with van der Waals surface area (Å²) in [5.74, 6) is -0.137. The minimum atomic E-state index is -0.435. The second-order valence-electron chi connectivity index (χ2n) is 4.09. The maximum absolute atomic E-state index is 11.4. The highest BCUT2D eigenvalue weighted by Crippen LogP contribution is 2.25. The fourth-order valence-corrected chi connectivity index (χ4v) is 0.844. The smallest absolute Gasteiger partial charge is 0.235 e. The number of alkyl halides is 1. The molecule has 0 rings (SSSR count). The second kappa shape index (κ2) is 4.61. The molecule has 74 valence electrons. The van der Waals surface area contributed by atoms with Crippen molar-refractivity contribution in [2.75, 3.05) is 0 Å². The number of rotatable bonds is 2. The molecule has 0 bridgehead atoms. The summed E-state index contributed by atoms with van der Waals surface area (Å²) in [6.45, 7) is 7.54. The molecule has 13 heavy (non-hydrogen) atoms. The van der Waals surface area contributed by atoms with E-state index in [0.29, 0.717) is 0 Å². The van der Waals surface area contributed by atoms with Gasteiger partial charge in [-0.25, -0.2) is 0 Å². The van der Waals surface area contributed by atoms with Crippen LogP contribution in [0.2, 0.25) is 0 Å². The van der Waals surface area contributed by atoms with Gasteiger partial charge in [0, 0.05) is 0 Å². The summed E-state index contributed by atoms with van der Waals surface area (Å²) in [6.07, 6.45) is 0. The van der Waals surface area contributed by atoms with E-state index in [9.17, 15) is 4.79 Å². The van der Waals surface area contributed by atoms with Gasteiger partial charge >= 0.3 is 0 Å². The zero-order valence-corrected chi connectivity index (χ0v) is 9.97. The average Bonchev–Trinajstić information content (AvgIpc) is 2.01. The van der Waals surface area contributed by atoms with E-state index in [2.05, 4.69) is 21.2 Å². The first-order valence-corrected chi connectivity index (χ1v) is 5.04. The topological polar surface area (TPSA) is 52.9 Å². The first-order valence-electron chi connectivity index (χ1n) is 4.13. The Morgan fingerprint density at radius 2 is 2.00 bits per heavy atom. The van der Waals surface area contributed by atoms with Crippen LogP contribution in [-0.2, 0) is 4.79 Å². The molecule has 0 aliphatic heterocycles. The van der Waals surface area contributed by atoms with Gasteiger partial charge in [-0.3, -0.25) is 4.79 Å². The van der Waals surface area contributed by atoms with E-state index in [1.54, 1.807) is 6.92 Å². The van der Waals surface area contributed by atoms with Crippen LogP contribution in [0.1, 0.15) is 27.7 Å². The Balaban J connectivity index is 4.22. The quantitative estimate of drug-likeness (QED) is 0.757. The molecule has 0 aliphatic rings. The molecule has 0 heterocycles. The predicted octanol–water partition coefficient (Wildman–Crippen LogP) is 1.82. The van der Waals surface area contributed by atoms with Crippen LogP contribution in [0, 0.1) is 16.7 Å². The van der Waals surface area contributed by atoms with Crippen molar-refractivity contribution < 1.29 is 4.79 Å². The summed E-state index contributed by atoms with van der Waals surface area (Å²) < 4.78 is 0. The van der Waals surface area contributed by atoms with Gasteiger partial charge in [0.2, 0.25) is 5.91 Å². The van der Waals surface area contributed by atoms with Crippen molar-refractivity contribution in [3.05, 3.63) is 0 Å². The third-order valence-electron chi connectivity index (χ3n) is 1.54. The van der Waals surface area contributed by atoms with Gasteiger partial charge in [-0.15, -0.1) is 0 Å². The molecule has 3 nitrogen and oxygen atoms in total. The van der Waals surface area contributed by atoms with E-state index in [0.717, 1.165) is 0 Å². The van der Waals surface area contributed by atoms with Crippen LogP contribution in [0.25, 0.3) is 0 Å². The van der Waals surface area contributed by atoms with Crippen molar-refractivity contribution in [1.82, 2.24) is 5.32 Å². The standard InChI is InChI=1S/C9H15BrN2O/c1-6(5-11)12-8(13)7(10)9(2,3)4/h6-7H,1-4H3,(H,12,13). The Bertz CT molecular complexity index is 227. The number of nitrogens with zero attached hydrogens (tertiary/aromatic N) is 1. The number of carbonyl (C=O) groups excluding carboxylic acids is 1. The lowest BCUT2D eigenvalue weighted by Gasteiger charge is -2.24. The zero-order chi connectivity index (χ0) is 10.6. The highest BCUT2D eigenvalue weighted by Gasteiger charge is 2.29. The monoisotopic (exact) mass is 246 g/mol. The predicted molar refractivity (Wildman–Crippen MR) is 55.4 cm³/mol. The van der Waals surface area contributed by atoms with Gasteiger partial charge in [-0.05, 0) is 12.3 Å². The van der Waals surface area contributed by atoms with E-state index >= 15 is 0 Å². The Labute approximate surface area is 87.6 Å². The molecule has 4 heteroatoms. The van der Waals surface area contributed by atoms with Gasteiger partial charge in [-0.2, -0.15) is 5.26 Å². The molecule has 0 aromatic rings. The second-order valence-corrected chi connectivity index (χ2v) is 5.00. The van der Waals surface area contributed by atoms with Gasteiger partial charge in [0.15, 0.2) is 0 Å². The molecule has 0 spiro atoms. The van der Waals surface area contributed by atoms with E-state index in [4.69, 9.17) is 5.26 Å². The van der Waals surface area contributed by atoms with Crippen LogP contribution < -0.4 is 5.32 Å². The number of nitriles is 1. The van der Waals surface area contributed by atoms with Crippen LogP contribution >= 0.6 is 15.9 Å². The molecule has 2 atom stereocenters. The number of carbonyl (C=O) groups is 1. The number of hydrogen-bond donors (Lipinski definition) is 1. The van der Waals surface area contributed by atoms with Crippen molar-refractivity contribution in [3.63, 3.8) is 0 Å². The molecule has 2 unspecified atom stereocenters. The number of hydrogen-bond acceptors (Lipinski definition) is 2. The van der Waals surface area contributed by atoms with E-state index in [1.165, 1.54) is 0 Å². The summed E-state index contributed by atoms with van der Waals surface area (Å²) >= 11 is 3.30. The van der Waals surface area contributed by atoms with Gasteiger partial charge < -0.3 is 5.32 Å². The largest absolute Gasteiger partial charge is 0.340 e. The molecule has 1 N–H and O–H groups in total. The first kappa shape index (κ1) is 12.4. The van der Waals surface area contributed by atoms with E-state index < -0.39 is 6.04 Å². The number of amides is 1. The van der Waals surface area contributed by atoms with E-state index in [1.807, 2.05) is 26.8 Å². The molecule has 0 saturated carbocycles. The van der Waals surface area contributed by atoms with Crippen molar-refractivity contribution in [2.45, 2.75) is 38.6 Å². The van der Waals surface area contributed by atoms with Crippen LogP contribution in [0.4, 0.5) is 0 Å². The third-order valence-corrected chi connectivity index (χ3v) is 3.33. The molecular formula is C9H15BrN2O. The van der Waals surface area contributed by atoms with Crippen molar-refractivity contribution in [2.24, 2.45) is 5.41 Å². The summed E-state index contributed by atoms with van der Waals surface area (Å²) in [6, 6.07) is 1.51. The van der Waals surface area contributed by atoms with Crippen molar-refractivity contribution >= 4 is 21.8 Å². The molecule has 0 aromatic heterocycles. The van der Waals surface area contributed by atoms with Crippen LogP contribution in [0.3, 0.4) is 0 Å².